The van der Waals surface area contributed by atoms with Gasteiger partial charge in [-0.05, 0) is 43.2 Å². The van der Waals surface area contributed by atoms with E-state index in [1.54, 1.807) is 19.3 Å². The van der Waals surface area contributed by atoms with Gasteiger partial charge in [0.05, 0.1) is 22.2 Å². The van der Waals surface area contributed by atoms with Crippen molar-refractivity contribution in [2.24, 2.45) is 5.92 Å². The summed E-state index contributed by atoms with van der Waals surface area (Å²) in [5.41, 5.74) is 0.362. The number of rotatable bonds is 7. The van der Waals surface area contributed by atoms with Gasteiger partial charge in [0.25, 0.3) is 0 Å². The number of nitrogens with zero attached hydrogens (tertiary/aromatic N) is 3. The average Bonchev–Trinajstić information content (AvgIpc) is 3.27. The van der Waals surface area contributed by atoms with Gasteiger partial charge >= 0.3 is 0 Å². The smallest absolute Gasteiger partial charge is 0.237 e. The number of hydrogen-bond acceptors (Lipinski definition) is 5. The van der Waals surface area contributed by atoms with Gasteiger partial charge in [-0.25, -0.2) is 4.39 Å². The van der Waals surface area contributed by atoms with Crippen LogP contribution in [0.4, 0.5) is 10.1 Å². The molecule has 0 aliphatic rings. The molecule has 0 fully saturated rings. The Balaban J connectivity index is 1.77. The van der Waals surface area contributed by atoms with E-state index in [9.17, 15) is 9.18 Å². The van der Waals surface area contributed by atoms with E-state index in [0.29, 0.717) is 34.9 Å². The van der Waals surface area contributed by atoms with Crippen molar-refractivity contribution < 1.29 is 13.6 Å². The van der Waals surface area contributed by atoms with Crippen LogP contribution in [0.15, 0.2) is 46.2 Å². The lowest BCUT2D eigenvalue weighted by Crippen LogP contribution is -2.23. The molecule has 0 aliphatic carbocycles. The third kappa shape index (κ3) is 4.74. The second-order valence-corrected chi connectivity index (χ2v) is 8.38. The fourth-order valence-corrected chi connectivity index (χ4v) is 3.60. The topological polar surface area (TPSA) is 73.0 Å². The minimum Gasteiger partial charge on any atom is -0.461 e. The molecule has 0 saturated carbocycles. The summed E-state index contributed by atoms with van der Waals surface area (Å²) in [5.74, 6) is 0.867. The third-order valence-electron chi connectivity index (χ3n) is 3.85. The van der Waals surface area contributed by atoms with Crippen LogP contribution in [0.5, 0.6) is 0 Å². The van der Waals surface area contributed by atoms with Crippen LogP contribution in [0.1, 0.15) is 20.8 Å². The first-order chi connectivity index (χ1) is 13.3. The molecule has 0 saturated heterocycles. The maximum atomic E-state index is 13.2. The van der Waals surface area contributed by atoms with Crippen LogP contribution in [-0.2, 0) is 11.3 Å². The standard InChI is InChI=1S/C19H20ClFN4O2S/c1-11(2)10-25-17(16-5-4-8-27-16)23-24-19(25)28-12(3)18(26)22-15-7-6-13(21)9-14(15)20/h4-9,11-12H,10H2,1-3H3,(H,22,26). The average molecular weight is 423 g/mol. The van der Waals surface area contributed by atoms with Crippen LogP contribution >= 0.6 is 23.4 Å². The number of thioether (sulfide) groups is 1. The van der Waals surface area contributed by atoms with E-state index in [-0.39, 0.29) is 10.9 Å². The number of benzene rings is 1. The summed E-state index contributed by atoms with van der Waals surface area (Å²) in [6.07, 6.45) is 1.58. The third-order valence-corrected chi connectivity index (χ3v) is 5.24. The summed E-state index contributed by atoms with van der Waals surface area (Å²) in [6, 6.07) is 7.45. The Morgan fingerprint density at radius 1 is 1.32 bits per heavy atom. The van der Waals surface area contributed by atoms with Crippen molar-refractivity contribution in [3.63, 3.8) is 0 Å². The van der Waals surface area contributed by atoms with E-state index in [4.69, 9.17) is 16.0 Å². The normalized spacial score (nSPS) is 12.4. The number of aromatic nitrogens is 3. The predicted molar refractivity (Wildman–Crippen MR) is 108 cm³/mol. The molecule has 0 bridgehead atoms. The van der Waals surface area contributed by atoms with Gasteiger partial charge in [0.1, 0.15) is 5.82 Å². The highest BCUT2D eigenvalue weighted by Crippen LogP contribution is 2.29. The van der Waals surface area contributed by atoms with Crippen LogP contribution < -0.4 is 5.32 Å². The van der Waals surface area contributed by atoms with Gasteiger partial charge in [-0.15, -0.1) is 10.2 Å². The van der Waals surface area contributed by atoms with Crippen LogP contribution in [0, 0.1) is 11.7 Å². The van der Waals surface area contributed by atoms with Gasteiger partial charge in [-0.2, -0.15) is 0 Å². The zero-order valence-electron chi connectivity index (χ0n) is 15.6. The zero-order valence-corrected chi connectivity index (χ0v) is 17.2. The highest BCUT2D eigenvalue weighted by molar-refractivity contribution is 8.00. The number of nitrogens with one attached hydrogen (secondary N) is 1. The minimum absolute atomic E-state index is 0.147. The van der Waals surface area contributed by atoms with Crippen molar-refractivity contribution in [2.75, 3.05) is 5.32 Å². The molecule has 1 N–H and O–H groups in total. The molecule has 148 valence electrons. The van der Waals surface area contributed by atoms with Crippen LogP contribution in [0.25, 0.3) is 11.6 Å². The van der Waals surface area contributed by atoms with Crippen molar-refractivity contribution in [3.05, 3.63) is 47.4 Å². The number of anilines is 1. The Bertz CT molecular complexity index is 959. The van der Waals surface area contributed by atoms with E-state index in [1.807, 2.05) is 10.6 Å². The molecule has 1 amide bonds. The van der Waals surface area contributed by atoms with Gasteiger partial charge in [0, 0.05) is 6.54 Å². The first-order valence-electron chi connectivity index (χ1n) is 8.74. The summed E-state index contributed by atoms with van der Waals surface area (Å²) in [6.45, 7) is 6.63. The quantitative estimate of drug-likeness (QED) is 0.536. The minimum atomic E-state index is -0.472. The highest BCUT2D eigenvalue weighted by Gasteiger charge is 2.22. The molecular weight excluding hydrogens is 403 g/mol. The molecule has 2 aromatic heterocycles. The lowest BCUT2D eigenvalue weighted by Gasteiger charge is -2.15. The Labute approximate surface area is 171 Å². The van der Waals surface area contributed by atoms with Crippen molar-refractivity contribution >= 4 is 35.0 Å². The number of hydrogen-bond donors (Lipinski definition) is 1. The monoisotopic (exact) mass is 422 g/mol. The van der Waals surface area contributed by atoms with Gasteiger partial charge in [-0.1, -0.05) is 37.2 Å². The van der Waals surface area contributed by atoms with Crippen molar-refractivity contribution in [1.82, 2.24) is 14.8 Å². The number of carbonyl (C=O) groups is 1. The summed E-state index contributed by atoms with van der Waals surface area (Å²) < 4.78 is 20.6. The molecule has 1 atom stereocenters. The second-order valence-electron chi connectivity index (χ2n) is 6.66. The SMILES string of the molecule is CC(C)Cn1c(SC(C)C(=O)Nc2ccc(F)cc2Cl)nnc1-c1ccco1. The predicted octanol–water partition coefficient (Wildman–Crippen LogP) is 5.11. The molecule has 2 heterocycles. The lowest BCUT2D eigenvalue weighted by molar-refractivity contribution is -0.115. The summed E-state index contributed by atoms with van der Waals surface area (Å²) in [5, 5.41) is 11.5. The van der Waals surface area contributed by atoms with Gasteiger partial charge in [-0.3, -0.25) is 9.36 Å². The van der Waals surface area contributed by atoms with Crippen LogP contribution in [-0.4, -0.2) is 25.9 Å². The highest BCUT2D eigenvalue weighted by atomic mass is 35.5. The Hall–Kier alpha value is -2.32. The number of furan rings is 1. The van der Waals surface area contributed by atoms with Crippen LogP contribution in [0.3, 0.4) is 0 Å². The molecular formula is C19H20ClFN4O2S. The number of carbonyl (C=O) groups excluding carboxylic acids is 1. The van der Waals surface area contributed by atoms with Gasteiger partial charge in [0.2, 0.25) is 5.91 Å². The van der Waals surface area contributed by atoms with E-state index in [0.717, 1.165) is 6.07 Å². The molecule has 3 rings (SSSR count). The van der Waals surface area contributed by atoms with E-state index in [2.05, 4.69) is 29.4 Å². The Kier molecular flexibility index (Phi) is 6.41. The molecule has 3 aromatic rings. The molecule has 28 heavy (non-hydrogen) atoms. The van der Waals surface area contributed by atoms with Crippen molar-refractivity contribution in [3.8, 4) is 11.6 Å². The molecule has 0 spiro atoms. The second kappa shape index (κ2) is 8.79. The number of amides is 1. The molecule has 9 heteroatoms. The van der Waals surface area contributed by atoms with Gasteiger partial charge in [0.15, 0.2) is 16.7 Å². The summed E-state index contributed by atoms with van der Waals surface area (Å²) in [7, 11) is 0. The summed E-state index contributed by atoms with van der Waals surface area (Å²) >= 11 is 7.27. The fraction of sp³-hybridized carbons (Fsp3) is 0.316. The van der Waals surface area contributed by atoms with Crippen LogP contribution in [0.2, 0.25) is 5.02 Å². The summed E-state index contributed by atoms with van der Waals surface area (Å²) in [4.78, 5) is 12.6. The molecule has 1 unspecified atom stereocenters. The zero-order chi connectivity index (χ0) is 20.3. The largest absolute Gasteiger partial charge is 0.461 e. The Morgan fingerprint density at radius 2 is 2.11 bits per heavy atom. The Morgan fingerprint density at radius 3 is 2.75 bits per heavy atom. The van der Waals surface area contributed by atoms with Crippen molar-refractivity contribution in [1.29, 1.82) is 0 Å². The first kappa shape index (κ1) is 20.4. The van der Waals surface area contributed by atoms with E-state index >= 15 is 0 Å². The van der Waals surface area contributed by atoms with Crippen molar-refractivity contribution in [2.45, 2.75) is 37.7 Å². The molecule has 6 nitrogen and oxygen atoms in total. The number of halogens is 2. The van der Waals surface area contributed by atoms with E-state index < -0.39 is 11.1 Å². The molecule has 0 aliphatic heterocycles. The first-order valence-corrected chi connectivity index (χ1v) is 10.0. The van der Waals surface area contributed by atoms with E-state index in [1.165, 1.54) is 23.9 Å². The molecule has 1 aromatic carbocycles. The fourth-order valence-electron chi connectivity index (χ4n) is 2.53. The lowest BCUT2D eigenvalue weighted by atomic mass is 10.2. The maximum absolute atomic E-state index is 13.2. The molecule has 0 radical (unpaired) electrons. The maximum Gasteiger partial charge on any atom is 0.237 e. The van der Waals surface area contributed by atoms with Gasteiger partial charge < -0.3 is 9.73 Å².